The predicted octanol–water partition coefficient (Wildman–Crippen LogP) is 4.37. The number of carbonyl (C=O) groups is 1. The number of anilines is 1. The number of Topliss-reactive ketones (excluding diaryl/α,β-unsaturated/α-hetero) is 1. The molecule has 0 aliphatic heterocycles. The molecule has 0 bridgehead atoms. The number of benzene rings is 2. The fourth-order valence-electron chi connectivity index (χ4n) is 3.34. The Labute approximate surface area is 152 Å². The van der Waals surface area contributed by atoms with Gasteiger partial charge in [-0.15, -0.1) is 0 Å². The Hall–Kier alpha value is -2.60. The minimum Gasteiger partial charge on any atom is -0.460 e. The molecule has 0 unspecified atom stereocenters. The summed E-state index contributed by atoms with van der Waals surface area (Å²) in [6.45, 7) is 3.72. The van der Waals surface area contributed by atoms with Gasteiger partial charge in [-0.2, -0.15) is 0 Å². The van der Waals surface area contributed by atoms with E-state index in [9.17, 15) is 13.2 Å². The highest BCUT2D eigenvalue weighted by molar-refractivity contribution is 7.92. The largest absolute Gasteiger partial charge is 0.460 e. The second-order valence-corrected chi connectivity index (χ2v) is 8.44. The molecule has 1 aliphatic carbocycles. The van der Waals surface area contributed by atoms with Crippen molar-refractivity contribution >= 4 is 32.5 Å². The van der Waals surface area contributed by atoms with E-state index in [4.69, 9.17) is 4.42 Å². The van der Waals surface area contributed by atoms with E-state index < -0.39 is 10.0 Å². The van der Waals surface area contributed by atoms with Gasteiger partial charge in [0.1, 0.15) is 11.3 Å². The fourth-order valence-corrected chi connectivity index (χ4v) is 4.46. The summed E-state index contributed by atoms with van der Waals surface area (Å²) >= 11 is 0. The van der Waals surface area contributed by atoms with Crippen molar-refractivity contribution in [2.45, 2.75) is 38.0 Å². The van der Waals surface area contributed by atoms with Crippen LogP contribution in [0.1, 0.15) is 40.1 Å². The molecule has 0 fully saturated rings. The third kappa shape index (κ3) is 2.80. The van der Waals surface area contributed by atoms with Crippen LogP contribution in [0.4, 0.5) is 5.69 Å². The molecule has 6 heteroatoms. The molecule has 0 saturated heterocycles. The van der Waals surface area contributed by atoms with Crippen molar-refractivity contribution in [3.63, 3.8) is 0 Å². The smallest absolute Gasteiger partial charge is 0.261 e. The van der Waals surface area contributed by atoms with Crippen LogP contribution in [0.5, 0.6) is 0 Å². The highest BCUT2D eigenvalue weighted by Crippen LogP contribution is 2.35. The zero-order valence-corrected chi connectivity index (χ0v) is 15.4. The van der Waals surface area contributed by atoms with Crippen LogP contribution in [0.2, 0.25) is 0 Å². The molecule has 26 heavy (non-hydrogen) atoms. The standard InChI is InChI=1S/C20H19NO4S/c1-12-6-8-14(9-7-12)26(23,24)21-16-11-15-19(10-13(16)2)25-18-5-3-4-17(22)20(15)18/h6-11,21H,3-5H2,1-2H3. The molecule has 0 atom stereocenters. The lowest BCUT2D eigenvalue weighted by Gasteiger charge is -2.12. The lowest BCUT2D eigenvalue weighted by Crippen LogP contribution is -2.14. The van der Waals surface area contributed by atoms with E-state index in [1.165, 1.54) is 0 Å². The van der Waals surface area contributed by atoms with E-state index >= 15 is 0 Å². The number of furan rings is 1. The van der Waals surface area contributed by atoms with Crippen LogP contribution in [0, 0.1) is 13.8 Å². The monoisotopic (exact) mass is 369 g/mol. The topological polar surface area (TPSA) is 76.4 Å². The van der Waals surface area contributed by atoms with Gasteiger partial charge in [0.15, 0.2) is 5.78 Å². The number of hydrogen-bond donors (Lipinski definition) is 1. The Bertz CT molecular complexity index is 1120. The highest BCUT2D eigenvalue weighted by Gasteiger charge is 2.25. The molecule has 1 heterocycles. The quantitative estimate of drug-likeness (QED) is 0.744. The van der Waals surface area contributed by atoms with E-state index in [2.05, 4.69) is 4.72 Å². The summed E-state index contributed by atoms with van der Waals surface area (Å²) in [4.78, 5) is 12.5. The van der Waals surface area contributed by atoms with Crippen LogP contribution in [0.3, 0.4) is 0 Å². The second-order valence-electron chi connectivity index (χ2n) is 6.76. The maximum atomic E-state index is 12.7. The lowest BCUT2D eigenvalue weighted by atomic mass is 9.94. The Morgan fingerprint density at radius 3 is 2.50 bits per heavy atom. The molecule has 2 aromatic carbocycles. The summed E-state index contributed by atoms with van der Waals surface area (Å²) < 4.78 is 33.9. The number of fused-ring (bicyclic) bond motifs is 3. The van der Waals surface area contributed by atoms with Crippen molar-refractivity contribution in [2.24, 2.45) is 0 Å². The Kier molecular flexibility index (Phi) is 3.88. The van der Waals surface area contributed by atoms with Crippen LogP contribution in [-0.2, 0) is 16.4 Å². The molecule has 0 saturated carbocycles. The van der Waals surface area contributed by atoms with Crippen molar-refractivity contribution in [3.05, 3.63) is 58.8 Å². The van der Waals surface area contributed by atoms with Crippen LogP contribution in [-0.4, -0.2) is 14.2 Å². The van der Waals surface area contributed by atoms with Crippen molar-refractivity contribution in [2.75, 3.05) is 4.72 Å². The summed E-state index contributed by atoms with van der Waals surface area (Å²) in [6.07, 6.45) is 2.02. The lowest BCUT2D eigenvalue weighted by molar-refractivity contribution is 0.0971. The molecule has 0 radical (unpaired) electrons. The first kappa shape index (κ1) is 16.8. The van der Waals surface area contributed by atoms with E-state index in [0.29, 0.717) is 34.4 Å². The molecule has 5 nitrogen and oxygen atoms in total. The zero-order chi connectivity index (χ0) is 18.5. The summed E-state index contributed by atoms with van der Waals surface area (Å²) in [5, 5.41) is 0.678. The van der Waals surface area contributed by atoms with Crippen LogP contribution < -0.4 is 4.72 Å². The minimum absolute atomic E-state index is 0.0567. The SMILES string of the molecule is Cc1ccc(S(=O)(=O)Nc2cc3c4c(oc3cc2C)CCCC4=O)cc1. The second kappa shape index (κ2) is 5.99. The minimum atomic E-state index is -3.70. The average Bonchev–Trinajstić information content (AvgIpc) is 2.94. The molecule has 1 N–H and O–H groups in total. The molecule has 134 valence electrons. The molecular formula is C20H19NO4S. The highest BCUT2D eigenvalue weighted by atomic mass is 32.2. The van der Waals surface area contributed by atoms with Crippen molar-refractivity contribution < 1.29 is 17.6 Å². The first-order valence-electron chi connectivity index (χ1n) is 8.54. The van der Waals surface area contributed by atoms with Gasteiger partial charge in [-0.3, -0.25) is 9.52 Å². The third-order valence-electron chi connectivity index (χ3n) is 4.77. The molecular weight excluding hydrogens is 350 g/mol. The molecule has 1 aromatic heterocycles. The van der Waals surface area contributed by atoms with Crippen LogP contribution >= 0.6 is 0 Å². The van der Waals surface area contributed by atoms with Gasteiger partial charge in [0, 0.05) is 18.2 Å². The first-order chi connectivity index (χ1) is 12.3. The predicted molar refractivity (Wildman–Crippen MR) is 100 cm³/mol. The van der Waals surface area contributed by atoms with Crippen molar-refractivity contribution in [1.82, 2.24) is 0 Å². The summed E-state index contributed by atoms with van der Waals surface area (Å²) in [6, 6.07) is 10.2. The third-order valence-corrected chi connectivity index (χ3v) is 6.15. The summed E-state index contributed by atoms with van der Waals surface area (Å²) in [5.41, 5.74) is 3.42. The number of hydrogen-bond acceptors (Lipinski definition) is 4. The molecule has 0 amide bonds. The fraction of sp³-hybridized carbons (Fsp3) is 0.250. The van der Waals surface area contributed by atoms with Crippen molar-refractivity contribution in [3.8, 4) is 0 Å². The number of rotatable bonds is 3. The maximum Gasteiger partial charge on any atom is 0.261 e. The van der Waals surface area contributed by atoms with Gasteiger partial charge in [-0.1, -0.05) is 17.7 Å². The van der Waals surface area contributed by atoms with Gasteiger partial charge in [-0.25, -0.2) is 8.42 Å². The van der Waals surface area contributed by atoms with Gasteiger partial charge >= 0.3 is 0 Å². The number of carbonyl (C=O) groups excluding carboxylic acids is 1. The summed E-state index contributed by atoms with van der Waals surface area (Å²) in [7, 11) is -3.70. The van der Waals surface area contributed by atoms with Gasteiger partial charge in [0.05, 0.1) is 16.1 Å². The maximum absolute atomic E-state index is 12.7. The Balaban J connectivity index is 1.79. The zero-order valence-electron chi connectivity index (χ0n) is 14.6. The number of sulfonamides is 1. The number of nitrogens with one attached hydrogen (secondary N) is 1. The molecule has 4 rings (SSSR count). The summed E-state index contributed by atoms with van der Waals surface area (Å²) in [5.74, 6) is 0.760. The Morgan fingerprint density at radius 2 is 1.77 bits per heavy atom. The first-order valence-corrected chi connectivity index (χ1v) is 10.0. The number of ketones is 1. The Morgan fingerprint density at radius 1 is 1.04 bits per heavy atom. The number of aryl methyl sites for hydroxylation is 3. The molecule has 1 aliphatic rings. The van der Waals surface area contributed by atoms with Crippen LogP contribution in [0.25, 0.3) is 11.0 Å². The van der Waals surface area contributed by atoms with Gasteiger partial charge in [-0.05, 0) is 50.1 Å². The van der Waals surface area contributed by atoms with Gasteiger partial charge < -0.3 is 4.42 Å². The van der Waals surface area contributed by atoms with E-state index in [0.717, 1.165) is 24.0 Å². The van der Waals surface area contributed by atoms with E-state index in [1.54, 1.807) is 36.4 Å². The van der Waals surface area contributed by atoms with Crippen molar-refractivity contribution in [1.29, 1.82) is 0 Å². The average molecular weight is 369 g/mol. The molecule has 0 spiro atoms. The van der Waals surface area contributed by atoms with Gasteiger partial charge in [0.2, 0.25) is 0 Å². The molecule has 3 aromatic rings. The van der Waals surface area contributed by atoms with E-state index in [-0.39, 0.29) is 10.7 Å². The van der Waals surface area contributed by atoms with Gasteiger partial charge in [0.25, 0.3) is 10.0 Å². The normalized spacial score (nSPS) is 14.5. The van der Waals surface area contributed by atoms with Crippen LogP contribution in [0.15, 0.2) is 45.7 Å². The van der Waals surface area contributed by atoms with E-state index in [1.807, 2.05) is 13.8 Å².